The quantitative estimate of drug-likeness (QED) is 0.369. The summed E-state index contributed by atoms with van der Waals surface area (Å²) in [5.41, 5.74) is 0. The van der Waals surface area contributed by atoms with Gasteiger partial charge in [-0.2, -0.15) is 0 Å². The molecule has 0 bridgehead atoms. The normalized spacial score (nSPS) is 17.0. The third kappa shape index (κ3) is 9.72. The molecule has 1 rings (SSSR count). The highest BCUT2D eigenvalue weighted by atomic mass is 16.5. The van der Waals surface area contributed by atoms with E-state index in [1.54, 1.807) is 0 Å². The van der Waals surface area contributed by atoms with Crippen LogP contribution in [0.3, 0.4) is 0 Å². The minimum absolute atomic E-state index is 0.817. The summed E-state index contributed by atoms with van der Waals surface area (Å²) in [5, 5.41) is 6.79. The van der Waals surface area contributed by atoms with Crippen molar-refractivity contribution in [3.8, 4) is 0 Å². The molecule has 1 aliphatic rings. The van der Waals surface area contributed by atoms with Gasteiger partial charge in [-0.25, -0.2) is 0 Å². The van der Waals surface area contributed by atoms with Crippen molar-refractivity contribution in [2.24, 2.45) is 10.9 Å². The second kappa shape index (κ2) is 12.9. The Morgan fingerprint density at radius 1 is 1.05 bits per heavy atom. The van der Waals surface area contributed by atoms with Gasteiger partial charge in [0.2, 0.25) is 0 Å². The van der Waals surface area contributed by atoms with Crippen molar-refractivity contribution in [1.82, 2.24) is 10.6 Å². The van der Waals surface area contributed by atoms with Crippen molar-refractivity contribution in [1.29, 1.82) is 0 Å². The summed E-state index contributed by atoms with van der Waals surface area (Å²) in [5.74, 6) is 1.92. The van der Waals surface area contributed by atoms with Crippen molar-refractivity contribution in [2.45, 2.75) is 64.7 Å². The zero-order valence-corrected chi connectivity index (χ0v) is 14.1. The van der Waals surface area contributed by atoms with Crippen molar-refractivity contribution in [3.63, 3.8) is 0 Å². The smallest absolute Gasteiger partial charge is 0.190 e. The van der Waals surface area contributed by atoms with Gasteiger partial charge in [0.25, 0.3) is 0 Å². The highest BCUT2D eigenvalue weighted by Gasteiger charge is 2.12. The average Bonchev–Trinajstić information content (AvgIpc) is 2.53. The SMILES string of the molecule is CCOCCCCNC(=NC)NCCCC1CCCCC1. The summed E-state index contributed by atoms with van der Waals surface area (Å²) < 4.78 is 5.33. The molecular weight excluding hydrogens is 262 g/mol. The minimum atomic E-state index is 0.817. The van der Waals surface area contributed by atoms with E-state index < -0.39 is 0 Å². The molecule has 21 heavy (non-hydrogen) atoms. The second-order valence-electron chi connectivity index (χ2n) is 5.98. The Balaban J connectivity index is 1.95. The van der Waals surface area contributed by atoms with Gasteiger partial charge >= 0.3 is 0 Å². The third-order valence-electron chi connectivity index (χ3n) is 4.24. The van der Waals surface area contributed by atoms with E-state index >= 15 is 0 Å². The minimum Gasteiger partial charge on any atom is -0.382 e. The molecule has 4 nitrogen and oxygen atoms in total. The van der Waals surface area contributed by atoms with Gasteiger partial charge in [0, 0.05) is 33.4 Å². The van der Waals surface area contributed by atoms with Crippen LogP contribution in [-0.4, -0.2) is 39.3 Å². The van der Waals surface area contributed by atoms with Crippen LogP contribution in [0, 0.1) is 5.92 Å². The zero-order valence-electron chi connectivity index (χ0n) is 14.1. The van der Waals surface area contributed by atoms with Crippen LogP contribution >= 0.6 is 0 Å². The Labute approximate surface area is 131 Å². The Bertz CT molecular complexity index is 263. The fourth-order valence-corrected chi connectivity index (χ4v) is 2.97. The van der Waals surface area contributed by atoms with Crippen LogP contribution < -0.4 is 10.6 Å². The molecule has 1 saturated carbocycles. The van der Waals surface area contributed by atoms with Gasteiger partial charge in [0.05, 0.1) is 0 Å². The largest absolute Gasteiger partial charge is 0.382 e. The van der Waals surface area contributed by atoms with Crippen LogP contribution in [-0.2, 0) is 4.74 Å². The van der Waals surface area contributed by atoms with Gasteiger partial charge in [-0.1, -0.05) is 32.1 Å². The first-order chi connectivity index (χ1) is 10.4. The summed E-state index contributed by atoms with van der Waals surface area (Å²) in [6, 6.07) is 0. The number of nitrogens with one attached hydrogen (secondary N) is 2. The summed E-state index contributed by atoms with van der Waals surface area (Å²) in [4.78, 5) is 4.27. The van der Waals surface area contributed by atoms with E-state index in [0.717, 1.165) is 51.0 Å². The predicted octanol–water partition coefficient (Wildman–Crippen LogP) is 3.33. The maximum atomic E-state index is 5.33. The Morgan fingerprint density at radius 2 is 1.76 bits per heavy atom. The van der Waals surface area contributed by atoms with Crippen LogP contribution in [0.5, 0.6) is 0 Å². The molecule has 1 aliphatic carbocycles. The number of ether oxygens (including phenoxy) is 1. The summed E-state index contributed by atoms with van der Waals surface area (Å²) in [7, 11) is 1.84. The number of hydrogen-bond donors (Lipinski definition) is 2. The maximum Gasteiger partial charge on any atom is 0.190 e. The van der Waals surface area contributed by atoms with E-state index in [2.05, 4.69) is 15.6 Å². The molecule has 0 aromatic carbocycles. The number of aliphatic imine (C=N–C) groups is 1. The molecule has 4 heteroatoms. The lowest BCUT2D eigenvalue weighted by atomic mass is 9.86. The number of unbranched alkanes of at least 4 members (excludes halogenated alkanes) is 1. The first-order valence-corrected chi connectivity index (χ1v) is 8.89. The number of hydrogen-bond acceptors (Lipinski definition) is 2. The van der Waals surface area contributed by atoms with Crippen LogP contribution in [0.1, 0.15) is 64.7 Å². The van der Waals surface area contributed by atoms with E-state index in [1.807, 2.05) is 14.0 Å². The van der Waals surface area contributed by atoms with Crippen molar-refractivity contribution < 1.29 is 4.74 Å². The molecule has 0 aromatic rings. The van der Waals surface area contributed by atoms with Gasteiger partial charge < -0.3 is 15.4 Å². The molecule has 0 radical (unpaired) electrons. The molecule has 0 aromatic heterocycles. The average molecular weight is 297 g/mol. The molecule has 0 aliphatic heterocycles. The lowest BCUT2D eigenvalue weighted by Gasteiger charge is -2.21. The van der Waals surface area contributed by atoms with Gasteiger partial charge in [-0.15, -0.1) is 0 Å². The van der Waals surface area contributed by atoms with Crippen molar-refractivity contribution in [2.75, 3.05) is 33.4 Å². The third-order valence-corrected chi connectivity index (χ3v) is 4.24. The van der Waals surface area contributed by atoms with E-state index in [4.69, 9.17) is 4.74 Å². The molecule has 0 saturated heterocycles. The monoisotopic (exact) mass is 297 g/mol. The topological polar surface area (TPSA) is 45.6 Å². The van der Waals surface area contributed by atoms with Gasteiger partial charge in [-0.3, -0.25) is 4.99 Å². The number of nitrogens with zero attached hydrogens (tertiary/aromatic N) is 1. The fourth-order valence-electron chi connectivity index (χ4n) is 2.97. The number of guanidine groups is 1. The maximum absolute atomic E-state index is 5.33. The Morgan fingerprint density at radius 3 is 2.43 bits per heavy atom. The predicted molar refractivity (Wildman–Crippen MR) is 90.9 cm³/mol. The Kier molecular flexibility index (Phi) is 11.3. The molecule has 0 heterocycles. The van der Waals surface area contributed by atoms with E-state index in [9.17, 15) is 0 Å². The van der Waals surface area contributed by atoms with Crippen LogP contribution in [0.15, 0.2) is 4.99 Å². The second-order valence-corrected chi connectivity index (χ2v) is 5.98. The molecule has 0 unspecified atom stereocenters. The molecule has 2 N–H and O–H groups in total. The summed E-state index contributed by atoms with van der Waals surface area (Å²) >= 11 is 0. The van der Waals surface area contributed by atoms with E-state index in [1.165, 1.54) is 44.9 Å². The first-order valence-electron chi connectivity index (χ1n) is 8.89. The van der Waals surface area contributed by atoms with Crippen molar-refractivity contribution >= 4 is 5.96 Å². The molecule has 0 spiro atoms. The standard InChI is InChI=1S/C17H35N3O/c1-3-21-15-8-7-13-19-17(18-2)20-14-9-12-16-10-5-4-6-11-16/h16H,3-15H2,1-2H3,(H2,18,19,20). The van der Waals surface area contributed by atoms with Crippen LogP contribution in [0.4, 0.5) is 0 Å². The lowest BCUT2D eigenvalue weighted by Crippen LogP contribution is -2.38. The van der Waals surface area contributed by atoms with Gasteiger partial charge in [0.15, 0.2) is 5.96 Å². The highest BCUT2D eigenvalue weighted by Crippen LogP contribution is 2.26. The zero-order chi connectivity index (χ0) is 15.2. The van der Waals surface area contributed by atoms with Crippen LogP contribution in [0.2, 0.25) is 0 Å². The summed E-state index contributed by atoms with van der Waals surface area (Å²) in [6.07, 6.45) is 12.1. The summed E-state index contributed by atoms with van der Waals surface area (Å²) in [6.45, 7) is 5.73. The molecule has 0 amide bonds. The van der Waals surface area contributed by atoms with Crippen LogP contribution in [0.25, 0.3) is 0 Å². The molecule has 124 valence electrons. The molecular formula is C17H35N3O. The van der Waals surface area contributed by atoms with Crippen molar-refractivity contribution in [3.05, 3.63) is 0 Å². The van der Waals surface area contributed by atoms with E-state index in [-0.39, 0.29) is 0 Å². The van der Waals surface area contributed by atoms with Gasteiger partial charge in [-0.05, 0) is 38.5 Å². The lowest BCUT2D eigenvalue weighted by molar-refractivity contribution is 0.143. The van der Waals surface area contributed by atoms with E-state index in [0.29, 0.717) is 0 Å². The highest BCUT2D eigenvalue weighted by molar-refractivity contribution is 5.79. The number of rotatable bonds is 10. The first kappa shape index (κ1) is 18.3. The Hall–Kier alpha value is -0.770. The molecule has 0 atom stereocenters. The molecule has 1 fully saturated rings. The fraction of sp³-hybridized carbons (Fsp3) is 0.941. The van der Waals surface area contributed by atoms with Gasteiger partial charge in [0.1, 0.15) is 0 Å².